The van der Waals surface area contributed by atoms with Gasteiger partial charge in [0.1, 0.15) is 18.4 Å². The lowest BCUT2D eigenvalue weighted by molar-refractivity contribution is -0.122. The molecular weight excluding hydrogens is 342 g/mol. The summed E-state index contributed by atoms with van der Waals surface area (Å²) in [5, 5.41) is 2.91. The fourth-order valence-electron chi connectivity index (χ4n) is 3.00. The number of carbonyl (C=O) groups is 1. The molecule has 3 N–H and O–H groups in total. The average Bonchev–Trinajstić information content (AvgIpc) is 2.73. The summed E-state index contributed by atoms with van der Waals surface area (Å²) in [7, 11) is 0. The van der Waals surface area contributed by atoms with Crippen LogP contribution in [0.15, 0.2) is 54.6 Å². The van der Waals surface area contributed by atoms with E-state index in [1.807, 2.05) is 54.6 Å². The number of para-hydroxylation sites is 1. The molecule has 1 saturated heterocycles. The van der Waals surface area contributed by atoms with Crippen molar-refractivity contribution in [3.05, 3.63) is 65.7 Å². The minimum Gasteiger partial charge on any atom is -0.492 e. The third-order valence-corrected chi connectivity index (χ3v) is 4.64. The summed E-state index contributed by atoms with van der Waals surface area (Å²) in [6, 6.07) is 16.4. The molecule has 0 saturated carbocycles. The van der Waals surface area contributed by atoms with Crippen molar-refractivity contribution < 1.29 is 14.3 Å². The molecule has 144 valence electrons. The van der Waals surface area contributed by atoms with Crippen molar-refractivity contribution in [3.8, 4) is 5.75 Å². The number of nitrogens with one attached hydrogen (secondary N) is 1. The Kier molecular flexibility index (Phi) is 7.21. The number of ether oxygens (including phenoxy) is 2. The Bertz CT molecular complexity index is 718. The van der Waals surface area contributed by atoms with Crippen LogP contribution in [0, 0.1) is 0 Å². The molecule has 1 heterocycles. The van der Waals surface area contributed by atoms with Gasteiger partial charge in [-0.2, -0.15) is 0 Å². The normalized spacial score (nSPS) is 15.9. The zero-order valence-corrected chi connectivity index (χ0v) is 15.5. The van der Waals surface area contributed by atoms with Crippen molar-refractivity contribution in [1.82, 2.24) is 10.2 Å². The SMILES string of the molecule is NC(C(=O)NCc1ccccc1OCCN1CCOCC1)c1ccccc1. The Hall–Kier alpha value is -2.41. The van der Waals surface area contributed by atoms with Crippen LogP contribution in [0.4, 0.5) is 0 Å². The summed E-state index contributed by atoms with van der Waals surface area (Å²) in [5.74, 6) is 0.587. The number of amides is 1. The van der Waals surface area contributed by atoms with Gasteiger partial charge in [-0.05, 0) is 11.6 Å². The minimum absolute atomic E-state index is 0.204. The highest BCUT2D eigenvalue weighted by Gasteiger charge is 2.16. The molecule has 1 atom stereocenters. The zero-order chi connectivity index (χ0) is 18.9. The van der Waals surface area contributed by atoms with E-state index in [0.717, 1.165) is 49.7 Å². The molecule has 0 radical (unpaired) electrons. The maximum atomic E-state index is 12.4. The molecular formula is C21H27N3O3. The smallest absolute Gasteiger partial charge is 0.241 e. The van der Waals surface area contributed by atoms with Crippen molar-refractivity contribution in [3.63, 3.8) is 0 Å². The first-order valence-corrected chi connectivity index (χ1v) is 9.33. The number of morpholine rings is 1. The van der Waals surface area contributed by atoms with Gasteiger partial charge in [0.15, 0.2) is 0 Å². The predicted molar refractivity (Wildman–Crippen MR) is 104 cm³/mol. The van der Waals surface area contributed by atoms with Gasteiger partial charge in [-0.15, -0.1) is 0 Å². The zero-order valence-electron chi connectivity index (χ0n) is 15.5. The lowest BCUT2D eigenvalue weighted by Gasteiger charge is -2.26. The molecule has 0 spiro atoms. The highest BCUT2D eigenvalue weighted by atomic mass is 16.5. The molecule has 1 aliphatic rings. The topological polar surface area (TPSA) is 76.8 Å². The van der Waals surface area contributed by atoms with Crippen molar-refractivity contribution in [1.29, 1.82) is 0 Å². The first-order valence-electron chi connectivity index (χ1n) is 9.33. The molecule has 2 aromatic rings. The Balaban J connectivity index is 1.50. The highest BCUT2D eigenvalue weighted by molar-refractivity contribution is 5.82. The maximum Gasteiger partial charge on any atom is 0.241 e. The van der Waals surface area contributed by atoms with Crippen LogP contribution in [0.25, 0.3) is 0 Å². The molecule has 6 nitrogen and oxygen atoms in total. The highest BCUT2D eigenvalue weighted by Crippen LogP contribution is 2.18. The summed E-state index contributed by atoms with van der Waals surface area (Å²) >= 11 is 0. The molecule has 0 aromatic heterocycles. The monoisotopic (exact) mass is 369 g/mol. The van der Waals surface area contributed by atoms with E-state index in [4.69, 9.17) is 15.2 Å². The number of carbonyl (C=O) groups excluding carboxylic acids is 1. The molecule has 0 aliphatic carbocycles. The van der Waals surface area contributed by atoms with E-state index in [1.165, 1.54) is 0 Å². The van der Waals surface area contributed by atoms with Gasteiger partial charge in [-0.3, -0.25) is 9.69 Å². The van der Waals surface area contributed by atoms with Crippen LogP contribution in [0.5, 0.6) is 5.75 Å². The van der Waals surface area contributed by atoms with Crippen molar-refractivity contribution in [2.75, 3.05) is 39.5 Å². The Labute approximate surface area is 160 Å². The van der Waals surface area contributed by atoms with Gasteiger partial charge in [-0.25, -0.2) is 0 Å². The van der Waals surface area contributed by atoms with E-state index in [1.54, 1.807) is 0 Å². The quantitative estimate of drug-likeness (QED) is 0.741. The summed E-state index contributed by atoms with van der Waals surface area (Å²) in [5.41, 5.74) is 7.78. The van der Waals surface area contributed by atoms with Crippen LogP contribution < -0.4 is 15.8 Å². The van der Waals surface area contributed by atoms with E-state index < -0.39 is 6.04 Å². The van der Waals surface area contributed by atoms with Crippen LogP contribution in [0.2, 0.25) is 0 Å². The minimum atomic E-state index is -0.680. The van der Waals surface area contributed by atoms with E-state index in [2.05, 4.69) is 10.2 Å². The standard InChI is InChI=1S/C21H27N3O3/c22-20(17-6-2-1-3-7-17)21(25)23-16-18-8-4-5-9-19(18)27-15-12-24-10-13-26-14-11-24/h1-9,20H,10-16,22H2,(H,23,25). The van der Waals surface area contributed by atoms with Crippen LogP contribution in [0.3, 0.4) is 0 Å². The van der Waals surface area contributed by atoms with Crippen LogP contribution in [-0.2, 0) is 16.1 Å². The molecule has 1 amide bonds. The third-order valence-electron chi connectivity index (χ3n) is 4.64. The number of nitrogens with zero attached hydrogens (tertiary/aromatic N) is 1. The number of nitrogens with two attached hydrogens (primary N) is 1. The van der Waals surface area contributed by atoms with Gasteiger partial charge in [0.25, 0.3) is 0 Å². The summed E-state index contributed by atoms with van der Waals surface area (Å²) in [6.07, 6.45) is 0. The van der Waals surface area contributed by atoms with Gasteiger partial charge in [-0.1, -0.05) is 48.5 Å². The third kappa shape index (κ3) is 5.79. The summed E-state index contributed by atoms with van der Waals surface area (Å²) in [4.78, 5) is 14.7. The van der Waals surface area contributed by atoms with E-state index in [-0.39, 0.29) is 5.91 Å². The Morgan fingerprint density at radius 2 is 1.81 bits per heavy atom. The maximum absolute atomic E-state index is 12.4. The first-order chi connectivity index (χ1) is 13.2. The van der Waals surface area contributed by atoms with Crippen molar-refractivity contribution in [2.45, 2.75) is 12.6 Å². The van der Waals surface area contributed by atoms with Crippen molar-refractivity contribution >= 4 is 5.91 Å². The lowest BCUT2D eigenvalue weighted by atomic mass is 10.1. The first kappa shape index (κ1) is 19.4. The van der Waals surface area contributed by atoms with Gasteiger partial charge < -0.3 is 20.5 Å². The second-order valence-electron chi connectivity index (χ2n) is 6.52. The van der Waals surface area contributed by atoms with Crippen LogP contribution in [0.1, 0.15) is 17.2 Å². The van der Waals surface area contributed by atoms with Crippen LogP contribution in [-0.4, -0.2) is 50.3 Å². The van der Waals surface area contributed by atoms with Crippen molar-refractivity contribution in [2.24, 2.45) is 5.73 Å². The predicted octanol–water partition coefficient (Wildman–Crippen LogP) is 1.71. The molecule has 1 aliphatic heterocycles. The molecule has 3 rings (SSSR count). The fraction of sp³-hybridized carbons (Fsp3) is 0.381. The molecule has 0 bridgehead atoms. The van der Waals surface area contributed by atoms with E-state index in [0.29, 0.717) is 13.2 Å². The number of rotatable bonds is 8. The Morgan fingerprint density at radius 3 is 2.59 bits per heavy atom. The van der Waals surface area contributed by atoms with E-state index in [9.17, 15) is 4.79 Å². The Morgan fingerprint density at radius 1 is 1.11 bits per heavy atom. The van der Waals surface area contributed by atoms with E-state index >= 15 is 0 Å². The molecule has 6 heteroatoms. The molecule has 1 fully saturated rings. The molecule has 27 heavy (non-hydrogen) atoms. The number of hydrogen-bond acceptors (Lipinski definition) is 5. The average molecular weight is 369 g/mol. The summed E-state index contributed by atoms with van der Waals surface area (Å²) < 4.78 is 11.3. The number of hydrogen-bond donors (Lipinski definition) is 2. The van der Waals surface area contributed by atoms with Gasteiger partial charge in [0, 0.05) is 31.7 Å². The second-order valence-corrected chi connectivity index (χ2v) is 6.52. The summed E-state index contributed by atoms with van der Waals surface area (Å²) in [6.45, 7) is 5.30. The van der Waals surface area contributed by atoms with Gasteiger partial charge in [0.05, 0.1) is 13.2 Å². The van der Waals surface area contributed by atoms with Crippen LogP contribution >= 0.6 is 0 Å². The largest absolute Gasteiger partial charge is 0.492 e. The molecule has 2 aromatic carbocycles. The van der Waals surface area contributed by atoms with Gasteiger partial charge in [0.2, 0.25) is 5.91 Å². The lowest BCUT2D eigenvalue weighted by Crippen LogP contribution is -2.38. The van der Waals surface area contributed by atoms with Gasteiger partial charge >= 0.3 is 0 Å². The second kappa shape index (κ2) is 10.1. The molecule has 1 unspecified atom stereocenters. The number of benzene rings is 2. The fourth-order valence-corrected chi connectivity index (χ4v) is 3.00.